The summed E-state index contributed by atoms with van der Waals surface area (Å²) in [4.78, 5) is 19.1. The Balaban J connectivity index is 1.55. The first kappa shape index (κ1) is 18.9. The van der Waals surface area contributed by atoms with Crippen LogP contribution in [0, 0.1) is 0 Å². The number of aromatic amines is 1. The van der Waals surface area contributed by atoms with Crippen molar-refractivity contribution in [1.82, 2.24) is 14.7 Å². The average molecular weight is 406 g/mol. The lowest BCUT2D eigenvalue weighted by Gasteiger charge is -2.07. The first-order chi connectivity index (χ1) is 13.9. The molecule has 8 heteroatoms. The van der Waals surface area contributed by atoms with Crippen LogP contribution in [0.2, 0.25) is 0 Å². The zero-order chi connectivity index (χ0) is 20.4. The number of nitrogens with one attached hydrogen (secondary N) is 2. The predicted molar refractivity (Wildman–Crippen MR) is 111 cm³/mol. The van der Waals surface area contributed by atoms with Crippen LogP contribution >= 0.6 is 0 Å². The fraction of sp³-hybridized carbons (Fsp3) is 0.0476. The van der Waals surface area contributed by atoms with Gasteiger partial charge in [0.15, 0.2) is 0 Å². The first-order valence-electron chi connectivity index (χ1n) is 8.86. The largest absolute Gasteiger partial charge is 0.366 e. The molecule has 0 saturated heterocycles. The van der Waals surface area contributed by atoms with E-state index in [0.717, 1.165) is 16.6 Å². The highest BCUT2D eigenvalue weighted by Crippen LogP contribution is 2.23. The molecule has 0 unspecified atom stereocenters. The molecule has 0 aliphatic carbocycles. The number of sulfonamides is 1. The van der Waals surface area contributed by atoms with Gasteiger partial charge in [-0.1, -0.05) is 30.3 Å². The fourth-order valence-corrected chi connectivity index (χ4v) is 3.96. The highest BCUT2D eigenvalue weighted by atomic mass is 32.2. The Morgan fingerprint density at radius 2 is 1.72 bits per heavy atom. The zero-order valence-electron chi connectivity index (χ0n) is 15.3. The van der Waals surface area contributed by atoms with E-state index in [9.17, 15) is 13.2 Å². The Hall–Kier alpha value is -3.49. The van der Waals surface area contributed by atoms with Gasteiger partial charge in [0.05, 0.1) is 15.9 Å². The average Bonchev–Trinajstić information content (AvgIpc) is 3.16. The summed E-state index contributed by atoms with van der Waals surface area (Å²) in [7, 11) is -3.63. The molecule has 29 heavy (non-hydrogen) atoms. The number of hydrogen-bond acceptors (Lipinski definition) is 4. The van der Waals surface area contributed by atoms with E-state index >= 15 is 0 Å². The van der Waals surface area contributed by atoms with Gasteiger partial charge in [-0.2, -0.15) is 0 Å². The normalized spacial score (nSPS) is 11.6. The number of nitrogens with two attached hydrogens (primary N) is 1. The maximum Gasteiger partial charge on any atom is 0.248 e. The van der Waals surface area contributed by atoms with Crippen LogP contribution in [-0.4, -0.2) is 24.3 Å². The van der Waals surface area contributed by atoms with E-state index in [1.807, 2.05) is 30.3 Å². The predicted octanol–water partition coefficient (Wildman–Crippen LogP) is 2.81. The Bertz CT molecular complexity index is 1280. The summed E-state index contributed by atoms with van der Waals surface area (Å²) in [6.07, 6.45) is 0. The minimum atomic E-state index is -3.63. The molecule has 0 atom stereocenters. The van der Waals surface area contributed by atoms with E-state index < -0.39 is 15.9 Å². The van der Waals surface area contributed by atoms with Gasteiger partial charge in [-0.3, -0.25) is 4.79 Å². The number of rotatable bonds is 6. The van der Waals surface area contributed by atoms with Crippen molar-refractivity contribution in [3.8, 4) is 11.4 Å². The van der Waals surface area contributed by atoms with Gasteiger partial charge in [-0.05, 0) is 48.0 Å². The molecule has 0 aliphatic rings. The number of carbonyl (C=O) groups excluding carboxylic acids is 1. The Kier molecular flexibility index (Phi) is 4.87. The van der Waals surface area contributed by atoms with Crippen molar-refractivity contribution in [2.24, 2.45) is 5.73 Å². The Morgan fingerprint density at radius 3 is 2.41 bits per heavy atom. The second-order valence-electron chi connectivity index (χ2n) is 6.52. The molecule has 4 aromatic rings. The molecule has 1 amide bonds. The zero-order valence-corrected chi connectivity index (χ0v) is 16.1. The molecule has 7 nitrogen and oxygen atoms in total. The highest BCUT2D eigenvalue weighted by Gasteiger charge is 2.15. The lowest BCUT2D eigenvalue weighted by Crippen LogP contribution is -2.23. The molecule has 0 fully saturated rings. The third-order valence-electron chi connectivity index (χ3n) is 4.51. The second-order valence-corrected chi connectivity index (χ2v) is 8.28. The van der Waals surface area contributed by atoms with Crippen LogP contribution in [0.1, 0.15) is 15.9 Å². The molecule has 0 aliphatic heterocycles. The SMILES string of the molecule is NC(=O)c1ccc2[nH]c(-c3ccc(S(=O)(=O)NCc4ccccc4)cc3)nc2c1. The molecule has 4 N–H and O–H groups in total. The minimum Gasteiger partial charge on any atom is -0.366 e. The smallest absolute Gasteiger partial charge is 0.248 e. The molecule has 0 spiro atoms. The van der Waals surface area contributed by atoms with Crippen LogP contribution in [0.15, 0.2) is 77.7 Å². The summed E-state index contributed by atoms with van der Waals surface area (Å²) in [5.74, 6) is 0.0526. The topological polar surface area (TPSA) is 118 Å². The van der Waals surface area contributed by atoms with Gasteiger partial charge < -0.3 is 10.7 Å². The molecule has 0 radical (unpaired) electrons. The number of primary amides is 1. The van der Waals surface area contributed by atoms with Crippen LogP contribution in [0.5, 0.6) is 0 Å². The standard InChI is InChI=1S/C21H18N4O3S/c22-20(26)16-8-11-18-19(12-16)25-21(24-18)15-6-9-17(10-7-15)29(27,28)23-13-14-4-2-1-3-5-14/h1-12,23H,13H2,(H2,22,26)(H,24,25). The maximum absolute atomic E-state index is 12.5. The van der Waals surface area contributed by atoms with E-state index in [4.69, 9.17) is 5.73 Å². The van der Waals surface area contributed by atoms with Gasteiger partial charge in [0.25, 0.3) is 0 Å². The number of benzene rings is 3. The third kappa shape index (κ3) is 4.03. The molecule has 0 saturated carbocycles. The number of hydrogen-bond donors (Lipinski definition) is 3. The van der Waals surface area contributed by atoms with Crippen molar-refractivity contribution in [1.29, 1.82) is 0 Å². The summed E-state index contributed by atoms with van der Waals surface area (Å²) in [5, 5.41) is 0. The summed E-state index contributed by atoms with van der Waals surface area (Å²) in [5.41, 5.74) is 8.65. The first-order valence-corrected chi connectivity index (χ1v) is 10.3. The fourth-order valence-electron chi connectivity index (χ4n) is 2.95. The number of H-pyrrole nitrogens is 1. The van der Waals surface area contributed by atoms with Crippen LogP contribution < -0.4 is 10.5 Å². The molecule has 0 bridgehead atoms. The lowest BCUT2D eigenvalue weighted by molar-refractivity contribution is 0.100. The van der Waals surface area contributed by atoms with Crippen molar-refractivity contribution < 1.29 is 13.2 Å². The lowest BCUT2D eigenvalue weighted by atomic mass is 10.2. The van der Waals surface area contributed by atoms with Crippen LogP contribution in [-0.2, 0) is 16.6 Å². The van der Waals surface area contributed by atoms with Gasteiger partial charge in [-0.25, -0.2) is 18.1 Å². The molecule has 1 heterocycles. The second kappa shape index (κ2) is 7.50. The van der Waals surface area contributed by atoms with Crippen molar-refractivity contribution in [3.63, 3.8) is 0 Å². The molecule has 4 rings (SSSR count). The summed E-state index contributed by atoms with van der Waals surface area (Å²) in [6.45, 7) is 0.219. The van der Waals surface area contributed by atoms with E-state index in [0.29, 0.717) is 16.9 Å². The number of nitrogens with zero attached hydrogens (tertiary/aromatic N) is 1. The Morgan fingerprint density at radius 1 is 1.00 bits per heavy atom. The van der Waals surface area contributed by atoms with Crippen molar-refractivity contribution >= 4 is 27.0 Å². The van der Waals surface area contributed by atoms with Crippen LogP contribution in [0.4, 0.5) is 0 Å². The van der Waals surface area contributed by atoms with Crippen molar-refractivity contribution in [2.75, 3.05) is 0 Å². The van der Waals surface area contributed by atoms with Gasteiger partial charge in [-0.15, -0.1) is 0 Å². The molecular weight excluding hydrogens is 388 g/mol. The molecule has 3 aromatic carbocycles. The van der Waals surface area contributed by atoms with Crippen molar-refractivity contribution in [3.05, 3.63) is 83.9 Å². The van der Waals surface area contributed by atoms with E-state index in [1.165, 1.54) is 12.1 Å². The number of amides is 1. The summed E-state index contributed by atoms with van der Waals surface area (Å²) < 4.78 is 27.6. The molecule has 146 valence electrons. The van der Waals surface area contributed by atoms with E-state index in [-0.39, 0.29) is 11.4 Å². The van der Waals surface area contributed by atoms with E-state index in [2.05, 4.69) is 14.7 Å². The monoisotopic (exact) mass is 406 g/mol. The third-order valence-corrected chi connectivity index (χ3v) is 5.93. The van der Waals surface area contributed by atoms with Crippen molar-refractivity contribution in [2.45, 2.75) is 11.4 Å². The van der Waals surface area contributed by atoms with Crippen LogP contribution in [0.3, 0.4) is 0 Å². The highest BCUT2D eigenvalue weighted by molar-refractivity contribution is 7.89. The number of aromatic nitrogens is 2. The number of imidazole rings is 1. The van der Waals surface area contributed by atoms with E-state index in [1.54, 1.807) is 30.3 Å². The summed E-state index contributed by atoms with van der Waals surface area (Å²) in [6, 6.07) is 20.7. The van der Waals surface area contributed by atoms with Gasteiger partial charge in [0, 0.05) is 17.7 Å². The quantitative estimate of drug-likeness (QED) is 0.456. The maximum atomic E-state index is 12.5. The van der Waals surface area contributed by atoms with Gasteiger partial charge in [0.1, 0.15) is 5.82 Å². The van der Waals surface area contributed by atoms with Gasteiger partial charge >= 0.3 is 0 Å². The van der Waals surface area contributed by atoms with Crippen LogP contribution in [0.25, 0.3) is 22.4 Å². The number of carbonyl (C=O) groups is 1. The van der Waals surface area contributed by atoms with Gasteiger partial charge in [0.2, 0.25) is 15.9 Å². The Labute approximate surface area is 167 Å². The number of fused-ring (bicyclic) bond motifs is 1. The minimum absolute atomic E-state index is 0.171. The molecular formula is C21H18N4O3S. The summed E-state index contributed by atoms with van der Waals surface area (Å²) >= 11 is 0. The molecule has 1 aromatic heterocycles.